The van der Waals surface area contributed by atoms with Crippen molar-refractivity contribution in [2.24, 2.45) is 0 Å². The number of hydrogen-bond donors (Lipinski definition) is 1. The van der Waals surface area contributed by atoms with Gasteiger partial charge in [-0.3, -0.25) is 4.79 Å². The summed E-state index contributed by atoms with van der Waals surface area (Å²) in [5.74, 6) is -3.39. The lowest BCUT2D eigenvalue weighted by Gasteiger charge is -2.20. The fraction of sp³-hybridized carbons (Fsp3) is 0.273. The minimum atomic E-state index is -5.01. The first kappa shape index (κ1) is 12.4. The van der Waals surface area contributed by atoms with Crippen LogP contribution in [0.3, 0.4) is 0 Å². The molecule has 1 heterocycles. The second kappa shape index (κ2) is 4.01. The molecule has 0 atom stereocenters. The zero-order valence-electron chi connectivity index (χ0n) is 8.99. The maximum Gasteiger partial charge on any atom is 0.471 e. The van der Waals surface area contributed by atoms with E-state index in [1.54, 1.807) is 0 Å². The fourth-order valence-electron chi connectivity index (χ4n) is 1.98. The summed E-state index contributed by atoms with van der Waals surface area (Å²) < 4.78 is 37.2. The van der Waals surface area contributed by atoms with Crippen LogP contribution in [0.5, 0.6) is 0 Å². The van der Waals surface area contributed by atoms with Crippen molar-refractivity contribution in [3.63, 3.8) is 0 Å². The number of benzene rings is 1. The monoisotopic (exact) mass is 259 g/mol. The Hall–Kier alpha value is -2.05. The van der Waals surface area contributed by atoms with Gasteiger partial charge in [-0.2, -0.15) is 13.2 Å². The first-order chi connectivity index (χ1) is 8.32. The number of carbonyl (C=O) groups excluding carboxylic acids is 1. The van der Waals surface area contributed by atoms with Gasteiger partial charge in [0.15, 0.2) is 0 Å². The summed E-state index contributed by atoms with van der Waals surface area (Å²) in [4.78, 5) is 22.7. The zero-order chi connectivity index (χ0) is 13.5. The molecule has 0 radical (unpaired) electrons. The van der Waals surface area contributed by atoms with E-state index in [9.17, 15) is 22.8 Å². The number of rotatable bonds is 1. The largest absolute Gasteiger partial charge is 0.478 e. The summed E-state index contributed by atoms with van der Waals surface area (Å²) in [6.45, 7) is -0.155. The van der Waals surface area contributed by atoms with Crippen LogP contribution >= 0.6 is 0 Å². The van der Waals surface area contributed by atoms with E-state index in [0.29, 0.717) is 10.5 Å². The average Bonchev–Trinajstić information content (AvgIpc) is 2.69. The van der Waals surface area contributed by atoms with E-state index in [2.05, 4.69) is 0 Å². The van der Waals surface area contributed by atoms with Crippen molar-refractivity contribution in [2.75, 3.05) is 11.4 Å². The van der Waals surface area contributed by atoms with E-state index in [-0.39, 0.29) is 24.2 Å². The molecule has 0 unspecified atom stereocenters. The third kappa shape index (κ3) is 1.92. The first-order valence-corrected chi connectivity index (χ1v) is 5.06. The molecule has 1 amide bonds. The van der Waals surface area contributed by atoms with Crippen LogP contribution in [-0.2, 0) is 11.2 Å². The van der Waals surface area contributed by atoms with Crippen LogP contribution in [0.2, 0.25) is 0 Å². The molecule has 0 aliphatic carbocycles. The predicted octanol–water partition coefficient (Wildman–Crippen LogP) is 1.84. The highest BCUT2D eigenvalue weighted by molar-refractivity contribution is 6.05. The van der Waals surface area contributed by atoms with E-state index in [1.807, 2.05) is 0 Å². The molecule has 0 aromatic heterocycles. The molecule has 0 saturated carbocycles. The molecule has 0 saturated heterocycles. The molecule has 7 heteroatoms. The Bertz CT molecular complexity index is 525. The molecule has 1 aromatic rings. The number of amides is 1. The van der Waals surface area contributed by atoms with Crippen molar-refractivity contribution < 1.29 is 27.9 Å². The van der Waals surface area contributed by atoms with Gasteiger partial charge in [-0.15, -0.1) is 0 Å². The number of alkyl halides is 3. The van der Waals surface area contributed by atoms with Crippen LogP contribution in [0.1, 0.15) is 15.9 Å². The summed E-state index contributed by atoms with van der Waals surface area (Å²) in [6, 6.07) is 4.15. The van der Waals surface area contributed by atoms with E-state index in [0.717, 1.165) is 0 Å². The Morgan fingerprint density at radius 3 is 2.50 bits per heavy atom. The van der Waals surface area contributed by atoms with Crippen molar-refractivity contribution in [3.8, 4) is 0 Å². The highest BCUT2D eigenvalue weighted by Crippen LogP contribution is 2.34. The smallest absolute Gasteiger partial charge is 0.471 e. The highest BCUT2D eigenvalue weighted by atomic mass is 19.4. The second-order valence-corrected chi connectivity index (χ2v) is 3.82. The van der Waals surface area contributed by atoms with E-state index in [4.69, 9.17) is 5.11 Å². The standard InChI is InChI=1S/C11H8F3NO3/c12-11(13,14)10(18)15-5-4-6-2-1-3-7(8(6)15)9(16)17/h1-3H,4-5H2,(H,16,17). The van der Waals surface area contributed by atoms with Gasteiger partial charge in [0.1, 0.15) is 0 Å². The maximum atomic E-state index is 12.4. The molecule has 18 heavy (non-hydrogen) atoms. The van der Waals surface area contributed by atoms with Crippen LogP contribution in [0.15, 0.2) is 18.2 Å². The van der Waals surface area contributed by atoms with Gasteiger partial charge < -0.3 is 10.0 Å². The summed E-state index contributed by atoms with van der Waals surface area (Å²) in [7, 11) is 0. The molecule has 96 valence electrons. The fourth-order valence-corrected chi connectivity index (χ4v) is 1.98. The minimum absolute atomic E-state index is 0.146. The van der Waals surface area contributed by atoms with Crippen LogP contribution < -0.4 is 4.90 Å². The van der Waals surface area contributed by atoms with Crippen molar-refractivity contribution in [1.82, 2.24) is 0 Å². The Kier molecular flexibility index (Phi) is 2.76. The number of carboxylic acids is 1. The predicted molar refractivity (Wildman–Crippen MR) is 55.5 cm³/mol. The molecule has 0 fully saturated rings. The Balaban J connectivity index is 2.50. The zero-order valence-corrected chi connectivity index (χ0v) is 8.99. The summed E-state index contributed by atoms with van der Waals surface area (Å²) in [6.07, 6.45) is -4.79. The van der Waals surface area contributed by atoms with Gasteiger partial charge in [-0.25, -0.2) is 4.79 Å². The number of carboxylic acid groups (broad SMARTS) is 1. The lowest BCUT2D eigenvalue weighted by Crippen LogP contribution is -2.40. The number of halogens is 3. The van der Waals surface area contributed by atoms with E-state index >= 15 is 0 Å². The molecule has 1 aliphatic heterocycles. The summed E-state index contributed by atoms with van der Waals surface area (Å²) >= 11 is 0. The van der Waals surface area contributed by atoms with Gasteiger partial charge in [-0.1, -0.05) is 12.1 Å². The molecule has 0 bridgehead atoms. The molecular formula is C11H8F3NO3. The van der Waals surface area contributed by atoms with Gasteiger partial charge in [0.25, 0.3) is 0 Å². The topological polar surface area (TPSA) is 57.6 Å². The van der Waals surface area contributed by atoms with Gasteiger partial charge in [0.2, 0.25) is 0 Å². The van der Waals surface area contributed by atoms with Crippen molar-refractivity contribution in [3.05, 3.63) is 29.3 Å². The van der Waals surface area contributed by atoms with Gasteiger partial charge in [0.05, 0.1) is 11.3 Å². The highest BCUT2D eigenvalue weighted by Gasteiger charge is 2.45. The van der Waals surface area contributed by atoms with Crippen LogP contribution in [-0.4, -0.2) is 29.7 Å². The van der Waals surface area contributed by atoms with E-state index in [1.165, 1.54) is 18.2 Å². The van der Waals surface area contributed by atoms with Gasteiger partial charge >= 0.3 is 18.1 Å². The number of nitrogens with zero attached hydrogens (tertiary/aromatic N) is 1. The number of fused-ring (bicyclic) bond motifs is 1. The van der Waals surface area contributed by atoms with Crippen LogP contribution in [0, 0.1) is 0 Å². The minimum Gasteiger partial charge on any atom is -0.478 e. The summed E-state index contributed by atoms with van der Waals surface area (Å²) in [5, 5.41) is 8.93. The van der Waals surface area contributed by atoms with Gasteiger partial charge in [0, 0.05) is 6.54 Å². The Morgan fingerprint density at radius 2 is 1.94 bits per heavy atom. The number of hydrogen-bond acceptors (Lipinski definition) is 2. The third-order valence-corrected chi connectivity index (χ3v) is 2.71. The average molecular weight is 259 g/mol. The SMILES string of the molecule is O=C(O)c1cccc2c1N(C(=O)C(F)(F)F)CC2. The molecule has 1 aromatic carbocycles. The third-order valence-electron chi connectivity index (χ3n) is 2.71. The van der Waals surface area contributed by atoms with E-state index < -0.39 is 18.1 Å². The number of aromatic carboxylic acids is 1. The second-order valence-electron chi connectivity index (χ2n) is 3.82. The Labute approximate surface area is 99.6 Å². The Morgan fingerprint density at radius 1 is 1.28 bits per heavy atom. The molecular weight excluding hydrogens is 251 g/mol. The number of anilines is 1. The normalized spacial score (nSPS) is 14.5. The molecule has 1 N–H and O–H groups in total. The maximum absolute atomic E-state index is 12.4. The van der Waals surface area contributed by atoms with Crippen LogP contribution in [0.4, 0.5) is 18.9 Å². The molecule has 2 rings (SSSR count). The van der Waals surface area contributed by atoms with Crippen molar-refractivity contribution >= 4 is 17.6 Å². The van der Waals surface area contributed by atoms with Crippen molar-refractivity contribution in [1.29, 1.82) is 0 Å². The molecule has 1 aliphatic rings. The molecule has 0 spiro atoms. The van der Waals surface area contributed by atoms with Crippen molar-refractivity contribution in [2.45, 2.75) is 12.6 Å². The first-order valence-electron chi connectivity index (χ1n) is 5.06. The quantitative estimate of drug-likeness (QED) is 0.837. The van der Waals surface area contributed by atoms with Gasteiger partial charge in [-0.05, 0) is 18.1 Å². The lowest BCUT2D eigenvalue weighted by molar-refractivity contribution is -0.170. The number of para-hydroxylation sites is 1. The number of carbonyl (C=O) groups is 2. The molecule has 4 nitrogen and oxygen atoms in total. The summed E-state index contributed by atoms with van der Waals surface area (Å²) in [5.41, 5.74) is 0.00225. The lowest BCUT2D eigenvalue weighted by atomic mass is 10.1. The van der Waals surface area contributed by atoms with Crippen LogP contribution in [0.25, 0.3) is 0 Å².